The Bertz CT molecular complexity index is 520. The summed E-state index contributed by atoms with van der Waals surface area (Å²) in [6.45, 7) is 3.19. The average molecular weight is 288 g/mol. The van der Waals surface area contributed by atoms with E-state index in [4.69, 9.17) is 4.74 Å². The molecule has 1 aliphatic rings. The molecule has 3 rings (SSSR count). The van der Waals surface area contributed by atoms with Crippen LogP contribution in [0.2, 0.25) is 0 Å². The summed E-state index contributed by atoms with van der Waals surface area (Å²) in [4.78, 5) is 5.45. The van der Waals surface area contributed by atoms with Crippen LogP contribution < -0.4 is 10.1 Å². The van der Waals surface area contributed by atoms with Crippen LogP contribution in [0.3, 0.4) is 0 Å². The van der Waals surface area contributed by atoms with Crippen molar-refractivity contribution in [1.82, 2.24) is 10.3 Å². The molecule has 0 amide bonds. The number of hydrogen-bond donors (Lipinski definition) is 1. The quantitative estimate of drug-likeness (QED) is 0.842. The van der Waals surface area contributed by atoms with Crippen LogP contribution in [-0.4, -0.2) is 17.6 Å². The molecule has 0 aliphatic heterocycles. The normalized spacial score (nSPS) is 16.1. The van der Waals surface area contributed by atoms with Crippen LogP contribution >= 0.6 is 11.3 Å². The first-order chi connectivity index (χ1) is 9.86. The van der Waals surface area contributed by atoms with Gasteiger partial charge in [0.05, 0.1) is 17.7 Å². The van der Waals surface area contributed by atoms with Crippen molar-refractivity contribution in [2.45, 2.75) is 38.3 Å². The molecule has 0 radical (unpaired) electrons. The highest BCUT2D eigenvalue weighted by Crippen LogP contribution is 2.29. The summed E-state index contributed by atoms with van der Waals surface area (Å²) in [6.07, 6.45) is 5.92. The van der Waals surface area contributed by atoms with Crippen LogP contribution in [0.15, 0.2) is 36.0 Å². The minimum atomic E-state index is 0.234. The van der Waals surface area contributed by atoms with Gasteiger partial charge in [-0.15, -0.1) is 11.3 Å². The highest BCUT2D eigenvalue weighted by atomic mass is 32.1. The zero-order chi connectivity index (χ0) is 13.8. The van der Waals surface area contributed by atoms with E-state index in [1.165, 1.54) is 23.3 Å². The van der Waals surface area contributed by atoms with Crippen LogP contribution in [0, 0.1) is 0 Å². The van der Waals surface area contributed by atoms with Crippen molar-refractivity contribution in [3.63, 3.8) is 0 Å². The zero-order valence-electron chi connectivity index (χ0n) is 11.7. The number of rotatable bonds is 7. The van der Waals surface area contributed by atoms with Crippen molar-refractivity contribution < 1.29 is 4.74 Å². The first kappa shape index (κ1) is 13.6. The van der Waals surface area contributed by atoms with Gasteiger partial charge in [-0.1, -0.05) is 19.1 Å². The van der Waals surface area contributed by atoms with E-state index in [-0.39, 0.29) is 6.04 Å². The van der Waals surface area contributed by atoms with E-state index in [0.29, 0.717) is 6.10 Å². The third-order valence-electron chi connectivity index (χ3n) is 3.37. The van der Waals surface area contributed by atoms with Gasteiger partial charge in [0.2, 0.25) is 0 Å². The lowest BCUT2D eigenvalue weighted by Crippen LogP contribution is -2.22. The number of hydrogen-bond acceptors (Lipinski definition) is 4. The maximum atomic E-state index is 5.80. The predicted molar refractivity (Wildman–Crippen MR) is 82.3 cm³/mol. The fraction of sp³-hybridized carbons (Fsp3) is 0.438. The molecule has 0 spiro atoms. The highest BCUT2D eigenvalue weighted by Gasteiger charge is 2.23. The number of aromatic nitrogens is 1. The van der Waals surface area contributed by atoms with Gasteiger partial charge in [-0.3, -0.25) is 4.98 Å². The first-order valence-corrected chi connectivity index (χ1v) is 8.13. The molecule has 1 N–H and O–H groups in total. The van der Waals surface area contributed by atoms with Gasteiger partial charge in [-0.05, 0) is 43.5 Å². The Kier molecular flexibility index (Phi) is 4.33. The molecular formula is C16H20N2OS. The van der Waals surface area contributed by atoms with E-state index in [0.717, 1.165) is 18.7 Å². The van der Waals surface area contributed by atoms with Gasteiger partial charge in [0.1, 0.15) is 5.75 Å². The van der Waals surface area contributed by atoms with E-state index >= 15 is 0 Å². The zero-order valence-corrected chi connectivity index (χ0v) is 12.5. The van der Waals surface area contributed by atoms with Crippen LogP contribution in [0.1, 0.15) is 42.7 Å². The largest absolute Gasteiger partial charge is 0.490 e. The standard InChI is InChI=1S/C16H20N2OS/c1-2-9-18-16(15-10-17-11-20-15)12-3-5-13(6-4-12)19-14-7-8-14/h3-6,10-11,14,16,18H,2,7-9H2,1H3. The monoisotopic (exact) mass is 288 g/mol. The molecule has 1 atom stereocenters. The van der Waals surface area contributed by atoms with E-state index in [2.05, 4.69) is 41.5 Å². The summed E-state index contributed by atoms with van der Waals surface area (Å²) in [5.41, 5.74) is 3.16. The Labute approximate surface area is 124 Å². The molecule has 0 bridgehead atoms. The van der Waals surface area contributed by atoms with E-state index < -0.39 is 0 Å². The van der Waals surface area contributed by atoms with Gasteiger partial charge in [0.15, 0.2) is 0 Å². The van der Waals surface area contributed by atoms with Crippen LogP contribution in [-0.2, 0) is 0 Å². The molecule has 20 heavy (non-hydrogen) atoms. The smallest absolute Gasteiger partial charge is 0.119 e. The van der Waals surface area contributed by atoms with Gasteiger partial charge >= 0.3 is 0 Å². The molecule has 1 heterocycles. The fourth-order valence-corrected chi connectivity index (χ4v) is 2.88. The van der Waals surface area contributed by atoms with Crippen LogP contribution in [0.25, 0.3) is 0 Å². The van der Waals surface area contributed by atoms with Gasteiger partial charge in [0.25, 0.3) is 0 Å². The Morgan fingerprint density at radius 1 is 1.35 bits per heavy atom. The second kappa shape index (κ2) is 6.37. The fourth-order valence-electron chi connectivity index (χ4n) is 2.16. The summed E-state index contributed by atoms with van der Waals surface area (Å²) < 4.78 is 5.80. The van der Waals surface area contributed by atoms with Gasteiger partial charge in [0, 0.05) is 11.1 Å². The lowest BCUT2D eigenvalue weighted by atomic mass is 10.1. The summed E-state index contributed by atoms with van der Waals surface area (Å²) in [5.74, 6) is 0.981. The molecule has 106 valence electrons. The second-order valence-electron chi connectivity index (χ2n) is 5.18. The number of ether oxygens (including phenoxy) is 1. The van der Waals surface area contributed by atoms with Crippen molar-refractivity contribution in [3.8, 4) is 5.75 Å². The van der Waals surface area contributed by atoms with Gasteiger partial charge < -0.3 is 10.1 Å². The minimum Gasteiger partial charge on any atom is -0.490 e. The molecule has 1 aliphatic carbocycles. The lowest BCUT2D eigenvalue weighted by Gasteiger charge is -2.17. The summed E-state index contributed by atoms with van der Waals surface area (Å²) in [5, 5.41) is 3.59. The van der Waals surface area contributed by atoms with Crippen molar-refractivity contribution in [1.29, 1.82) is 0 Å². The molecule has 2 aromatic rings. The van der Waals surface area contributed by atoms with Gasteiger partial charge in [-0.25, -0.2) is 0 Å². The minimum absolute atomic E-state index is 0.234. The maximum absolute atomic E-state index is 5.80. The van der Waals surface area contributed by atoms with Crippen molar-refractivity contribution in [2.24, 2.45) is 0 Å². The molecule has 4 heteroatoms. The topological polar surface area (TPSA) is 34.1 Å². The predicted octanol–water partition coefficient (Wildman–Crippen LogP) is 3.77. The van der Waals surface area contributed by atoms with Crippen molar-refractivity contribution >= 4 is 11.3 Å². The number of nitrogens with zero attached hydrogens (tertiary/aromatic N) is 1. The summed E-state index contributed by atoms with van der Waals surface area (Å²) in [6, 6.07) is 8.71. The molecule has 1 aromatic heterocycles. The molecule has 1 unspecified atom stereocenters. The van der Waals surface area contributed by atoms with Crippen LogP contribution in [0.5, 0.6) is 5.75 Å². The number of benzene rings is 1. The molecule has 1 saturated carbocycles. The van der Waals surface area contributed by atoms with Crippen molar-refractivity contribution in [3.05, 3.63) is 46.4 Å². The Hall–Kier alpha value is -1.39. The molecule has 1 aromatic carbocycles. The van der Waals surface area contributed by atoms with E-state index in [9.17, 15) is 0 Å². The summed E-state index contributed by atoms with van der Waals surface area (Å²) >= 11 is 1.70. The molecule has 0 saturated heterocycles. The van der Waals surface area contributed by atoms with Gasteiger partial charge in [-0.2, -0.15) is 0 Å². The molecular weight excluding hydrogens is 268 g/mol. The Morgan fingerprint density at radius 2 is 2.15 bits per heavy atom. The van der Waals surface area contributed by atoms with E-state index in [1.807, 2.05) is 11.7 Å². The highest BCUT2D eigenvalue weighted by molar-refractivity contribution is 7.09. The number of thiazole rings is 1. The van der Waals surface area contributed by atoms with E-state index in [1.54, 1.807) is 11.3 Å². The maximum Gasteiger partial charge on any atom is 0.119 e. The third-order valence-corrected chi connectivity index (χ3v) is 4.22. The van der Waals surface area contributed by atoms with Crippen LogP contribution in [0.4, 0.5) is 0 Å². The number of nitrogens with one attached hydrogen (secondary N) is 1. The lowest BCUT2D eigenvalue weighted by molar-refractivity contribution is 0.303. The molecule has 1 fully saturated rings. The van der Waals surface area contributed by atoms with Crippen molar-refractivity contribution in [2.75, 3.05) is 6.54 Å². The Morgan fingerprint density at radius 3 is 2.75 bits per heavy atom. The average Bonchev–Trinajstić information content (AvgIpc) is 3.12. The summed E-state index contributed by atoms with van der Waals surface area (Å²) in [7, 11) is 0. The molecule has 3 nitrogen and oxygen atoms in total. The SMILES string of the molecule is CCCNC(c1ccc(OC2CC2)cc1)c1cncs1. The third kappa shape index (κ3) is 3.38. The second-order valence-corrected chi connectivity index (χ2v) is 6.10. The first-order valence-electron chi connectivity index (χ1n) is 7.25. The Balaban J connectivity index is 1.75.